The van der Waals surface area contributed by atoms with Gasteiger partial charge in [0.2, 0.25) is 0 Å². The Morgan fingerprint density at radius 3 is 2.60 bits per heavy atom. The van der Waals surface area contributed by atoms with Crippen molar-refractivity contribution in [3.8, 4) is 0 Å². The zero-order valence-electron chi connectivity index (χ0n) is 7.87. The average Bonchev–Trinajstić information content (AvgIpc) is 2.17. The van der Waals surface area contributed by atoms with Gasteiger partial charge in [-0.15, -0.1) is 0 Å². The highest BCUT2D eigenvalue weighted by Gasteiger charge is 2.25. The summed E-state index contributed by atoms with van der Waals surface area (Å²) in [5, 5.41) is 0. The maximum Gasteiger partial charge on any atom is 0.138 e. The Bertz CT molecular complexity index is 375. The topological polar surface area (TPSA) is 39.2 Å². The molecule has 0 aliphatic carbocycles. The fraction of sp³-hybridized carbons (Fsp3) is 0.400. The van der Waals surface area contributed by atoms with Crippen molar-refractivity contribution in [2.75, 3.05) is 6.61 Å². The molecular weight excluding hydrogens is 326 g/mol. The third-order valence-corrected chi connectivity index (χ3v) is 3.59. The predicted molar refractivity (Wildman–Crippen MR) is 62.6 cm³/mol. The van der Waals surface area contributed by atoms with Crippen LogP contribution in [-0.4, -0.2) is 17.4 Å². The number of ether oxygens (including phenoxy) is 1. The largest absolute Gasteiger partial charge is 0.373 e. The van der Waals surface area contributed by atoms with Crippen molar-refractivity contribution >= 4 is 37.6 Å². The van der Waals surface area contributed by atoms with Crippen LogP contribution in [0.3, 0.4) is 0 Å². The summed E-state index contributed by atoms with van der Waals surface area (Å²) in [5.41, 5.74) is 0.970. The number of aromatic nitrogens is 1. The number of hydrogen-bond donors (Lipinski definition) is 0. The van der Waals surface area contributed by atoms with Crippen molar-refractivity contribution in [2.24, 2.45) is 0 Å². The fourth-order valence-corrected chi connectivity index (χ4v) is 3.04. The summed E-state index contributed by atoms with van der Waals surface area (Å²) in [5.74, 6) is 0.252. The zero-order valence-corrected chi connectivity index (χ0v) is 11.0. The Morgan fingerprint density at radius 1 is 1.33 bits per heavy atom. The number of rotatable bonds is 1. The first-order valence-corrected chi connectivity index (χ1v) is 6.19. The molecule has 1 aliphatic heterocycles. The lowest BCUT2D eigenvalue weighted by Crippen LogP contribution is -2.20. The first-order valence-electron chi connectivity index (χ1n) is 4.60. The maximum atomic E-state index is 11.3. The van der Waals surface area contributed by atoms with E-state index in [0.717, 1.165) is 14.5 Å². The van der Waals surface area contributed by atoms with Gasteiger partial charge >= 0.3 is 0 Å². The van der Waals surface area contributed by atoms with Gasteiger partial charge in [-0.3, -0.25) is 9.78 Å². The number of nitrogens with zero attached hydrogens (tertiary/aromatic N) is 1. The molecule has 1 aromatic heterocycles. The Kier molecular flexibility index (Phi) is 3.53. The van der Waals surface area contributed by atoms with Crippen molar-refractivity contribution in [1.82, 2.24) is 4.98 Å². The van der Waals surface area contributed by atoms with Gasteiger partial charge in [-0.25, -0.2) is 0 Å². The molecule has 15 heavy (non-hydrogen) atoms. The van der Waals surface area contributed by atoms with Crippen molar-refractivity contribution in [1.29, 1.82) is 0 Å². The van der Waals surface area contributed by atoms with Crippen LogP contribution in [-0.2, 0) is 9.53 Å². The van der Waals surface area contributed by atoms with Crippen molar-refractivity contribution in [3.63, 3.8) is 0 Å². The summed E-state index contributed by atoms with van der Waals surface area (Å²) in [6, 6.07) is 0. The molecule has 0 N–H and O–H groups in total. The Labute approximate surface area is 104 Å². The van der Waals surface area contributed by atoms with Crippen LogP contribution in [0.4, 0.5) is 0 Å². The average molecular weight is 335 g/mol. The number of carbonyl (C=O) groups is 1. The van der Waals surface area contributed by atoms with E-state index in [0.29, 0.717) is 19.4 Å². The van der Waals surface area contributed by atoms with Crippen molar-refractivity contribution in [2.45, 2.75) is 18.9 Å². The van der Waals surface area contributed by atoms with Gasteiger partial charge in [-0.2, -0.15) is 0 Å². The molecule has 0 spiro atoms. The maximum absolute atomic E-state index is 11.3. The smallest absolute Gasteiger partial charge is 0.138 e. The van der Waals surface area contributed by atoms with Crippen LogP contribution < -0.4 is 0 Å². The van der Waals surface area contributed by atoms with E-state index < -0.39 is 0 Å². The van der Waals surface area contributed by atoms with E-state index >= 15 is 0 Å². The highest BCUT2D eigenvalue weighted by molar-refractivity contribution is 9.11. The molecule has 0 saturated carbocycles. The first-order chi connectivity index (χ1) is 7.18. The van der Waals surface area contributed by atoms with E-state index in [9.17, 15) is 4.79 Å². The molecular formula is C10H9Br2NO2. The highest BCUT2D eigenvalue weighted by Crippen LogP contribution is 2.35. The summed E-state index contributed by atoms with van der Waals surface area (Å²) >= 11 is 6.84. The van der Waals surface area contributed by atoms with E-state index in [1.807, 2.05) is 0 Å². The predicted octanol–water partition coefficient (Wildman–Crippen LogP) is 3.03. The Hall–Kier alpha value is -0.260. The van der Waals surface area contributed by atoms with Gasteiger partial charge in [-0.05, 0) is 31.9 Å². The third kappa shape index (κ3) is 2.46. The number of halogens is 2. The van der Waals surface area contributed by atoms with E-state index in [2.05, 4.69) is 36.8 Å². The standard InChI is InChI=1S/C10H9Br2NO2/c11-7-4-13-5-8(12)10(7)9-3-6(14)1-2-15-9/h4-5,9H,1-3H2. The number of hydrogen-bond acceptors (Lipinski definition) is 3. The SMILES string of the molecule is O=C1CCOC(c2c(Br)cncc2Br)C1. The molecule has 1 atom stereocenters. The quantitative estimate of drug-likeness (QED) is 0.792. The van der Waals surface area contributed by atoms with E-state index in [-0.39, 0.29) is 11.9 Å². The van der Waals surface area contributed by atoms with E-state index in [1.165, 1.54) is 0 Å². The summed E-state index contributed by atoms with van der Waals surface area (Å²) < 4.78 is 7.33. The molecule has 3 nitrogen and oxygen atoms in total. The van der Waals surface area contributed by atoms with E-state index in [1.54, 1.807) is 12.4 Å². The second kappa shape index (κ2) is 4.72. The van der Waals surface area contributed by atoms with Crippen LogP contribution in [0, 0.1) is 0 Å². The second-order valence-corrected chi connectivity index (χ2v) is 5.08. The lowest BCUT2D eigenvalue weighted by atomic mass is 10.0. The summed E-state index contributed by atoms with van der Waals surface area (Å²) in [6.07, 6.45) is 4.24. The fourth-order valence-electron chi connectivity index (χ4n) is 1.60. The molecule has 0 radical (unpaired) electrons. The minimum Gasteiger partial charge on any atom is -0.373 e. The third-order valence-electron chi connectivity index (χ3n) is 2.33. The van der Waals surface area contributed by atoms with Gasteiger partial charge in [-0.1, -0.05) is 0 Å². The number of Topliss-reactive ketones (excluding diaryl/α,β-unsaturated/α-hetero) is 1. The summed E-state index contributed by atoms with van der Waals surface area (Å²) in [6.45, 7) is 0.505. The molecule has 2 rings (SSSR count). The molecule has 0 bridgehead atoms. The minimum atomic E-state index is -0.155. The van der Waals surface area contributed by atoms with Crippen LogP contribution >= 0.6 is 31.9 Å². The second-order valence-electron chi connectivity index (χ2n) is 3.37. The van der Waals surface area contributed by atoms with Crippen molar-refractivity contribution < 1.29 is 9.53 Å². The molecule has 1 aliphatic rings. The van der Waals surface area contributed by atoms with Crippen LogP contribution in [0.5, 0.6) is 0 Å². The Balaban J connectivity index is 2.32. The lowest BCUT2D eigenvalue weighted by molar-refractivity contribution is -0.128. The zero-order chi connectivity index (χ0) is 10.8. The molecule has 1 unspecified atom stereocenters. The monoisotopic (exact) mass is 333 g/mol. The molecule has 1 fully saturated rings. The van der Waals surface area contributed by atoms with Gasteiger partial charge in [0.1, 0.15) is 5.78 Å². The molecule has 2 heterocycles. The Morgan fingerprint density at radius 2 is 2.00 bits per heavy atom. The van der Waals surface area contributed by atoms with E-state index in [4.69, 9.17) is 4.74 Å². The molecule has 0 amide bonds. The van der Waals surface area contributed by atoms with Crippen LogP contribution in [0.15, 0.2) is 21.3 Å². The number of pyridine rings is 1. The van der Waals surface area contributed by atoms with Gasteiger partial charge in [0, 0.05) is 39.7 Å². The van der Waals surface area contributed by atoms with Crippen molar-refractivity contribution in [3.05, 3.63) is 26.9 Å². The highest BCUT2D eigenvalue weighted by atomic mass is 79.9. The van der Waals surface area contributed by atoms with Crippen LogP contribution in [0.25, 0.3) is 0 Å². The lowest BCUT2D eigenvalue weighted by Gasteiger charge is -2.23. The molecule has 80 valence electrons. The first kappa shape index (κ1) is 11.2. The van der Waals surface area contributed by atoms with Gasteiger partial charge in [0.25, 0.3) is 0 Å². The normalized spacial score (nSPS) is 21.7. The molecule has 0 aromatic carbocycles. The molecule has 5 heteroatoms. The van der Waals surface area contributed by atoms with Gasteiger partial charge in [0.05, 0.1) is 12.7 Å². The van der Waals surface area contributed by atoms with Crippen LogP contribution in [0.1, 0.15) is 24.5 Å². The van der Waals surface area contributed by atoms with Gasteiger partial charge in [0.15, 0.2) is 0 Å². The summed E-state index contributed by atoms with van der Waals surface area (Å²) in [4.78, 5) is 15.4. The number of carbonyl (C=O) groups excluding carboxylic acids is 1. The van der Waals surface area contributed by atoms with Gasteiger partial charge < -0.3 is 4.74 Å². The summed E-state index contributed by atoms with van der Waals surface area (Å²) in [7, 11) is 0. The molecule has 1 saturated heterocycles. The van der Waals surface area contributed by atoms with Crippen LogP contribution in [0.2, 0.25) is 0 Å². The minimum absolute atomic E-state index is 0.155. The molecule has 1 aromatic rings. The number of ketones is 1.